The second-order valence-electron chi connectivity index (χ2n) is 8.91. The van der Waals surface area contributed by atoms with Crippen molar-refractivity contribution in [1.29, 1.82) is 0 Å². The number of rotatable bonds is 1. The van der Waals surface area contributed by atoms with Crippen molar-refractivity contribution >= 4 is 55.4 Å². The fourth-order valence-corrected chi connectivity index (χ4v) is 5.15. The number of fused-ring (bicyclic) bond motifs is 6. The number of hydrogen-bond acceptors (Lipinski definition) is 3. The Morgan fingerprint density at radius 1 is 0.694 bits per heavy atom. The first-order valence-corrected chi connectivity index (χ1v) is 12.1. The Morgan fingerprint density at radius 2 is 1.47 bits per heavy atom. The monoisotopic (exact) mass is 465 g/mol. The van der Waals surface area contributed by atoms with Crippen molar-refractivity contribution in [1.82, 2.24) is 4.57 Å². The van der Waals surface area contributed by atoms with Gasteiger partial charge in [0.25, 0.3) is 0 Å². The maximum Gasteiger partial charge on any atom is 0.215 e. The lowest BCUT2D eigenvalue weighted by Gasteiger charge is -2.28. The average molecular weight is 466 g/mol. The summed E-state index contributed by atoms with van der Waals surface area (Å²) >= 11 is 0. The van der Waals surface area contributed by atoms with Crippen LogP contribution in [-0.4, -0.2) is 17.1 Å². The zero-order valence-electron chi connectivity index (χ0n) is 19.6. The average Bonchev–Trinajstić information content (AvgIpc) is 3.46. The van der Waals surface area contributed by atoms with Crippen LogP contribution in [0.15, 0.2) is 137 Å². The van der Waals surface area contributed by atoms with Gasteiger partial charge in [-0.15, -0.1) is 0 Å². The van der Waals surface area contributed by atoms with Crippen molar-refractivity contribution in [3.05, 3.63) is 128 Å². The van der Waals surface area contributed by atoms with Crippen LogP contribution in [0.25, 0.3) is 43.7 Å². The highest BCUT2D eigenvalue weighted by molar-refractivity contribution is 6.21. The summed E-state index contributed by atoms with van der Waals surface area (Å²) in [5.41, 5.74) is 5.79. The van der Waals surface area contributed by atoms with Gasteiger partial charge in [-0.2, -0.15) is 0 Å². The molecule has 0 N–H and O–H groups in total. The summed E-state index contributed by atoms with van der Waals surface area (Å²) in [6.45, 7) is 4.97. The molecule has 4 heteroatoms. The van der Waals surface area contributed by atoms with Crippen LogP contribution in [0.1, 0.15) is 0 Å². The summed E-state index contributed by atoms with van der Waals surface area (Å²) in [7, 11) is 0. The molecule has 0 radical (unpaired) electrons. The lowest BCUT2D eigenvalue weighted by Crippen LogP contribution is -2.35. The second kappa shape index (κ2) is 8.14. The van der Waals surface area contributed by atoms with Crippen LogP contribution in [-0.2, 0) is 0 Å². The number of hydrogen-bond donors (Lipinski definition) is 0. The van der Waals surface area contributed by atoms with Gasteiger partial charge in [-0.3, -0.25) is 9.47 Å². The molecular weight excluding hydrogens is 442 g/mol. The van der Waals surface area contributed by atoms with Crippen molar-refractivity contribution in [3.63, 3.8) is 0 Å². The normalized spacial score (nSPS) is 17.7. The molecule has 6 aromatic rings. The van der Waals surface area contributed by atoms with E-state index in [0.29, 0.717) is 6.54 Å². The lowest BCUT2D eigenvalue weighted by molar-refractivity contribution is 0.669. The van der Waals surface area contributed by atoms with E-state index in [-0.39, 0.29) is 0 Å². The van der Waals surface area contributed by atoms with Crippen LogP contribution < -0.4 is 4.90 Å². The van der Waals surface area contributed by atoms with Gasteiger partial charge in [-0.25, -0.2) is 4.99 Å². The number of nitrogens with zero attached hydrogens (tertiary/aromatic N) is 3. The molecule has 3 heterocycles. The number of aromatic nitrogens is 1. The summed E-state index contributed by atoms with van der Waals surface area (Å²) in [6.07, 6.45) is 8.13. The molecule has 0 spiro atoms. The van der Waals surface area contributed by atoms with E-state index in [9.17, 15) is 0 Å². The highest BCUT2D eigenvalue weighted by Gasteiger charge is 2.23. The van der Waals surface area contributed by atoms with E-state index >= 15 is 0 Å². The van der Waals surface area contributed by atoms with Crippen LogP contribution in [0.2, 0.25) is 0 Å². The number of aliphatic imine (C=N–C) groups is 1. The van der Waals surface area contributed by atoms with E-state index in [1.807, 2.05) is 48.6 Å². The highest BCUT2D eigenvalue weighted by atomic mass is 16.3. The van der Waals surface area contributed by atoms with Gasteiger partial charge in [0.2, 0.25) is 5.96 Å². The first kappa shape index (κ1) is 20.5. The molecule has 172 valence electrons. The summed E-state index contributed by atoms with van der Waals surface area (Å²) in [6, 6.07) is 31.4. The fourth-order valence-electron chi connectivity index (χ4n) is 5.15. The first-order valence-electron chi connectivity index (χ1n) is 12.1. The molecule has 0 saturated heterocycles. The number of para-hydroxylation sites is 3. The smallest absolute Gasteiger partial charge is 0.215 e. The molecule has 1 aliphatic heterocycles. The minimum atomic E-state index is 0.557. The fraction of sp³-hybridized carbons (Fsp3) is 0.0312. The molecule has 2 aromatic heterocycles. The molecule has 0 bridgehead atoms. The van der Waals surface area contributed by atoms with Gasteiger partial charge in [0, 0.05) is 32.9 Å². The summed E-state index contributed by atoms with van der Waals surface area (Å²) < 4.78 is 8.50. The number of benzene rings is 4. The standard InChI is InChI=1S/C32H23N3O/c1-22-12-4-3-11-19-33-32(34(22)23-13-5-2-6-14-23)35-28-17-9-7-15-24(28)26-21-31-27(20-29(26)35)25-16-8-10-18-30(25)36-31/h2-18,20-21H,1,19H2/b11-3-,12-4-,33-32+. The SMILES string of the molecule is C=C1/C=C\C=C/C/N=C(/n2c3ccccc3c3cc4oc5ccccc5c4cc32)N1c1ccccc1. The zero-order valence-corrected chi connectivity index (χ0v) is 19.6. The quantitative estimate of drug-likeness (QED) is 0.246. The van der Waals surface area contributed by atoms with E-state index in [1.165, 1.54) is 0 Å². The largest absolute Gasteiger partial charge is 0.456 e. The van der Waals surface area contributed by atoms with Crippen LogP contribution in [0.3, 0.4) is 0 Å². The minimum Gasteiger partial charge on any atom is -0.456 e. The van der Waals surface area contributed by atoms with E-state index in [2.05, 4.69) is 82.8 Å². The second-order valence-corrected chi connectivity index (χ2v) is 8.91. The van der Waals surface area contributed by atoms with Crippen molar-refractivity contribution in [3.8, 4) is 0 Å². The Balaban J connectivity index is 1.60. The molecule has 1 aliphatic rings. The molecular formula is C32H23N3O. The van der Waals surface area contributed by atoms with Gasteiger partial charge in [0.1, 0.15) is 11.2 Å². The molecule has 0 saturated carbocycles. The van der Waals surface area contributed by atoms with Gasteiger partial charge >= 0.3 is 0 Å². The first-order chi connectivity index (χ1) is 17.8. The summed E-state index contributed by atoms with van der Waals surface area (Å²) in [4.78, 5) is 7.25. The van der Waals surface area contributed by atoms with E-state index in [0.717, 1.165) is 61.1 Å². The third-order valence-electron chi connectivity index (χ3n) is 6.75. The Bertz CT molecular complexity index is 1880. The third-order valence-corrected chi connectivity index (χ3v) is 6.75. The highest BCUT2D eigenvalue weighted by Crippen LogP contribution is 2.37. The molecule has 0 amide bonds. The van der Waals surface area contributed by atoms with Gasteiger partial charge in [0.15, 0.2) is 0 Å². The molecule has 4 aromatic carbocycles. The topological polar surface area (TPSA) is 33.7 Å². The zero-order chi connectivity index (χ0) is 24.1. The van der Waals surface area contributed by atoms with Gasteiger partial charge < -0.3 is 4.42 Å². The molecule has 0 aliphatic carbocycles. The Kier molecular flexibility index (Phi) is 4.64. The van der Waals surface area contributed by atoms with E-state index in [4.69, 9.17) is 9.41 Å². The number of furan rings is 1. The predicted molar refractivity (Wildman–Crippen MR) is 151 cm³/mol. The third kappa shape index (κ3) is 3.12. The van der Waals surface area contributed by atoms with Crippen LogP contribution >= 0.6 is 0 Å². The van der Waals surface area contributed by atoms with E-state index < -0.39 is 0 Å². The van der Waals surface area contributed by atoms with Crippen molar-refractivity contribution in [2.75, 3.05) is 11.4 Å². The Hall–Kier alpha value is -4.83. The van der Waals surface area contributed by atoms with Gasteiger partial charge in [-0.1, -0.05) is 79.4 Å². The molecule has 4 nitrogen and oxygen atoms in total. The summed E-state index contributed by atoms with van der Waals surface area (Å²) in [5.74, 6) is 0.806. The minimum absolute atomic E-state index is 0.557. The van der Waals surface area contributed by atoms with Crippen LogP contribution in [0, 0.1) is 0 Å². The Labute approximate surface area is 208 Å². The molecule has 36 heavy (non-hydrogen) atoms. The van der Waals surface area contributed by atoms with E-state index in [1.54, 1.807) is 0 Å². The molecule has 0 unspecified atom stereocenters. The maximum atomic E-state index is 6.24. The van der Waals surface area contributed by atoms with Gasteiger partial charge in [0.05, 0.1) is 17.6 Å². The Morgan fingerprint density at radius 3 is 2.36 bits per heavy atom. The maximum absolute atomic E-state index is 6.24. The van der Waals surface area contributed by atoms with Gasteiger partial charge in [-0.05, 0) is 42.5 Å². The molecule has 0 atom stereocenters. The van der Waals surface area contributed by atoms with Crippen molar-refractivity contribution in [2.24, 2.45) is 4.99 Å². The lowest BCUT2D eigenvalue weighted by atomic mass is 10.1. The molecule has 0 fully saturated rings. The number of anilines is 1. The van der Waals surface area contributed by atoms with Crippen molar-refractivity contribution in [2.45, 2.75) is 0 Å². The summed E-state index contributed by atoms with van der Waals surface area (Å²) in [5, 5.41) is 4.49. The van der Waals surface area contributed by atoms with Crippen molar-refractivity contribution < 1.29 is 4.42 Å². The molecule has 7 rings (SSSR count). The predicted octanol–water partition coefficient (Wildman–Crippen LogP) is 8.04. The number of allylic oxidation sites excluding steroid dienone is 3. The van der Waals surface area contributed by atoms with Crippen LogP contribution in [0.4, 0.5) is 5.69 Å². The van der Waals surface area contributed by atoms with Crippen LogP contribution in [0.5, 0.6) is 0 Å².